The van der Waals surface area contributed by atoms with Crippen molar-refractivity contribution >= 4 is 11.5 Å². The maximum atomic E-state index is 13.4. The molecule has 1 heterocycles. The predicted molar refractivity (Wildman–Crippen MR) is 69.3 cm³/mol. The van der Waals surface area contributed by atoms with E-state index in [2.05, 4.69) is 10.3 Å². The Morgan fingerprint density at radius 2 is 2.10 bits per heavy atom. The normalized spacial score (nSPS) is 10.3. The smallest absolute Gasteiger partial charge is 0.290 e. The Hall–Kier alpha value is -2.57. The molecular formula is C13H11F2N3O2. The van der Waals surface area contributed by atoms with Gasteiger partial charge in [0, 0.05) is 23.7 Å². The lowest BCUT2D eigenvalue weighted by Crippen LogP contribution is -2.04. The summed E-state index contributed by atoms with van der Waals surface area (Å²) in [5.41, 5.74) is 0.653. The van der Waals surface area contributed by atoms with Crippen LogP contribution in [0.3, 0.4) is 0 Å². The summed E-state index contributed by atoms with van der Waals surface area (Å²) >= 11 is 0. The molecule has 0 unspecified atom stereocenters. The zero-order valence-corrected chi connectivity index (χ0v) is 10.6. The molecule has 0 radical (unpaired) electrons. The molecule has 2 aromatic rings. The molecule has 0 amide bonds. The largest absolute Gasteiger partial charge is 0.366 e. The lowest BCUT2D eigenvalue weighted by atomic mass is 10.2. The highest BCUT2D eigenvalue weighted by Gasteiger charge is 2.11. The first-order valence-corrected chi connectivity index (χ1v) is 5.76. The fourth-order valence-electron chi connectivity index (χ4n) is 1.69. The summed E-state index contributed by atoms with van der Waals surface area (Å²) in [6, 6.07) is 4.79. The molecular weight excluding hydrogens is 268 g/mol. The van der Waals surface area contributed by atoms with Crippen LogP contribution in [0.5, 0.6) is 0 Å². The van der Waals surface area contributed by atoms with Gasteiger partial charge in [-0.05, 0) is 19.1 Å². The van der Waals surface area contributed by atoms with Gasteiger partial charge in [0.25, 0.3) is 5.69 Å². The Labute approximate surface area is 113 Å². The monoisotopic (exact) mass is 279 g/mol. The number of aryl methyl sites for hydroxylation is 1. The molecule has 0 aliphatic rings. The maximum Gasteiger partial charge on any atom is 0.290 e. The first kappa shape index (κ1) is 13.9. The van der Waals surface area contributed by atoms with Gasteiger partial charge >= 0.3 is 0 Å². The van der Waals surface area contributed by atoms with E-state index < -0.39 is 16.6 Å². The molecule has 20 heavy (non-hydrogen) atoms. The van der Waals surface area contributed by atoms with Gasteiger partial charge in [0.1, 0.15) is 23.6 Å². The van der Waals surface area contributed by atoms with E-state index >= 15 is 0 Å². The molecule has 1 aromatic carbocycles. The fourth-order valence-corrected chi connectivity index (χ4v) is 1.69. The summed E-state index contributed by atoms with van der Waals surface area (Å²) in [6.07, 6.45) is 1.14. The van der Waals surface area contributed by atoms with Gasteiger partial charge in [-0.2, -0.15) is 0 Å². The molecule has 7 heteroatoms. The zero-order valence-electron chi connectivity index (χ0n) is 10.6. The van der Waals surface area contributed by atoms with Crippen molar-refractivity contribution < 1.29 is 13.7 Å². The highest BCUT2D eigenvalue weighted by atomic mass is 19.1. The first-order valence-electron chi connectivity index (χ1n) is 5.76. The van der Waals surface area contributed by atoms with Crippen LogP contribution in [0.2, 0.25) is 0 Å². The van der Waals surface area contributed by atoms with Crippen molar-refractivity contribution in [3.05, 3.63) is 63.3 Å². The first-order chi connectivity index (χ1) is 9.47. The van der Waals surface area contributed by atoms with Gasteiger partial charge in [-0.3, -0.25) is 10.1 Å². The Balaban J connectivity index is 2.11. The van der Waals surface area contributed by atoms with Crippen LogP contribution in [0.4, 0.5) is 20.3 Å². The average molecular weight is 279 g/mol. The van der Waals surface area contributed by atoms with Crippen molar-refractivity contribution in [2.24, 2.45) is 0 Å². The number of anilines is 1. The molecule has 104 valence electrons. The van der Waals surface area contributed by atoms with E-state index in [1.54, 1.807) is 6.92 Å². The number of pyridine rings is 1. The van der Waals surface area contributed by atoms with Crippen LogP contribution < -0.4 is 5.32 Å². The quantitative estimate of drug-likeness (QED) is 0.689. The molecule has 0 bridgehead atoms. The summed E-state index contributed by atoms with van der Waals surface area (Å²) in [6.45, 7) is 1.69. The second-order valence-corrected chi connectivity index (χ2v) is 4.20. The van der Waals surface area contributed by atoms with Crippen molar-refractivity contribution in [3.63, 3.8) is 0 Å². The molecule has 1 aromatic heterocycles. The van der Waals surface area contributed by atoms with Gasteiger partial charge in [0.2, 0.25) is 0 Å². The number of nitro groups is 1. The standard InChI is InChI=1S/C13H11F2N3O2/c1-8-4-13(17-7-12(8)18(19)20)16-6-9-2-3-10(14)5-11(9)15/h2-5,7H,6H2,1H3,(H,16,17). The van der Waals surface area contributed by atoms with Crippen LogP contribution in [0.1, 0.15) is 11.1 Å². The third-order valence-electron chi connectivity index (χ3n) is 2.75. The highest BCUT2D eigenvalue weighted by Crippen LogP contribution is 2.19. The van der Waals surface area contributed by atoms with Gasteiger partial charge in [-0.25, -0.2) is 13.8 Å². The molecule has 0 aliphatic carbocycles. The van der Waals surface area contributed by atoms with E-state index in [4.69, 9.17) is 0 Å². The summed E-state index contributed by atoms with van der Waals surface area (Å²) in [5.74, 6) is -0.913. The average Bonchev–Trinajstić information content (AvgIpc) is 2.37. The van der Waals surface area contributed by atoms with Gasteiger partial charge in [0.05, 0.1) is 4.92 Å². The third-order valence-corrected chi connectivity index (χ3v) is 2.75. The van der Waals surface area contributed by atoms with Gasteiger partial charge in [0.15, 0.2) is 0 Å². The number of hydrogen-bond acceptors (Lipinski definition) is 4. The van der Waals surface area contributed by atoms with Crippen molar-refractivity contribution in [1.82, 2.24) is 4.98 Å². The van der Waals surface area contributed by atoms with Crippen LogP contribution in [0.25, 0.3) is 0 Å². The summed E-state index contributed by atoms with van der Waals surface area (Å²) in [4.78, 5) is 14.0. The fraction of sp³-hybridized carbons (Fsp3) is 0.154. The SMILES string of the molecule is Cc1cc(NCc2ccc(F)cc2F)ncc1[N+](=O)[O-]. The summed E-state index contributed by atoms with van der Waals surface area (Å²) in [7, 11) is 0. The van der Waals surface area contributed by atoms with E-state index in [1.165, 1.54) is 12.1 Å². The molecule has 0 saturated heterocycles. The van der Waals surface area contributed by atoms with Crippen molar-refractivity contribution in [1.29, 1.82) is 0 Å². The second-order valence-electron chi connectivity index (χ2n) is 4.20. The van der Waals surface area contributed by atoms with E-state index in [9.17, 15) is 18.9 Å². The number of nitrogens with one attached hydrogen (secondary N) is 1. The number of hydrogen-bond donors (Lipinski definition) is 1. The molecule has 5 nitrogen and oxygen atoms in total. The minimum Gasteiger partial charge on any atom is -0.366 e. The van der Waals surface area contributed by atoms with Crippen LogP contribution in [0, 0.1) is 28.7 Å². The molecule has 0 fully saturated rings. The number of benzene rings is 1. The predicted octanol–water partition coefficient (Wildman–Crippen LogP) is 3.19. The summed E-state index contributed by atoms with van der Waals surface area (Å²) in [5, 5.41) is 13.5. The molecule has 0 atom stereocenters. The molecule has 1 N–H and O–H groups in total. The Kier molecular flexibility index (Phi) is 3.88. The van der Waals surface area contributed by atoms with Crippen LogP contribution in [-0.2, 0) is 6.54 Å². The van der Waals surface area contributed by atoms with E-state index in [-0.39, 0.29) is 17.8 Å². The number of rotatable bonds is 4. The van der Waals surface area contributed by atoms with Crippen LogP contribution in [0.15, 0.2) is 30.5 Å². The Morgan fingerprint density at radius 3 is 2.70 bits per heavy atom. The number of aromatic nitrogens is 1. The minimum absolute atomic E-state index is 0.0801. The van der Waals surface area contributed by atoms with Crippen LogP contribution in [-0.4, -0.2) is 9.91 Å². The maximum absolute atomic E-state index is 13.4. The summed E-state index contributed by atoms with van der Waals surface area (Å²) < 4.78 is 26.2. The molecule has 0 spiro atoms. The lowest BCUT2D eigenvalue weighted by Gasteiger charge is -2.07. The third kappa shape index (κ3) is 3.05. The van der Waals surface area contributed by atoms with Crippen molar-refractivity contribution in [2.75, 3.05) is 5.32 Å². The lowest BCUT2D eigenvalue weighted by molar-refractivity contribution is -0.385. The van der Waals surface area contributed by atoms with E-state index in [0.29, 0.717) is 11.4 Å². The number of nitrogens with zero attached hydrogens (tertiary/aromatic N) is 2. The topological polar surface area (TPSA) is 68.1 Å². The van der Waals surface area contributed by atoms with Crippen molar-refractivity contribution in [2.45, 2.75) is 13.5 Å². The molecule has 0 saturated carbocycles. The van der Waals surface area contributed by atoms with Gasteiger partial charge < -0.3 is 5.32 Å². The van der Waals surface area contributed by atoms with Gasteiger partial charge in [-0.1, -0.05) is 6.07 Å². The Morgan fingerprint density at radius 1 is 1.35 bits per heavy atom. The zero-order chi connectivity index (χ0) is 14.7. The van der Waals surface area contributed by atoms with Gasteiger partial charge in [-0.15, -0.1) is 0 Å². The number of halogens is 2. The van der Waals surface area contributed by atoms with Crippen LogP contribution >= 0.6 is 0 Å². The van der Waals surface area contributed by atoms with Crippen molar-refractivity contribution in [3.8, 4) is 0 Å². The molecule has 0 aliphatic heterocycles. The second kappa shape index (κ2) is 5.60. The van der Waals surface area contributed by atoms with E-state index in [0.717, 1.165) is 18.3 Å². The molecule has 2 rings (SSSR count). The minimum atomic E-state index is -0.656. The Bertz CT molecular complexity index is 662. The van der Waals surface area contributed by atoms with E-state index in [1.807, 2.05) is 0 Å². The highest BCUT2D eigenvalue weighted by molar-refractivity contribution is 5.47.